The fourth-order valence-electron chi connectivity index (χ4n) is 4.49. The molecule has 3 aromatic rings. The molecule has 1 saturated heterocycles. The highest BCUT2D eigenvalue weighted by atomic mass is 19.1. The normalized spacial score (nSPS) is 16.8. The number of nitrogens with one attached hydrogen (secondary N) is 1. The van der Waals surface area contributed by atoms with E-state index in [0.29, 0.717) is 16.9 Å². The molecule has 1 aliphatic carbocycles. The van der Waals surface area contributed by atoms with Crippen molar-refractivity contribution in [2.75, 3.05) is 37.6 Å². The maximum Gasteiger partial charge on any atom is 0.257 e. The number of anilines is 1. The van der Waals surface area contributed by atoms with E-state index in [1.54, 1.807) is 30.6 Å². The third kappa shape index (κ3) is 4.35. The van der Waals surface area contributed by atoms with Crippen molar-refractivity contribution in [3.63, 3.8) is 0 Å². The van der Waals surface area contributed by atoms with Crippen molar-refractivity contribution in [1.29, 1.82) is 0 Å². The topological polar surface area (TPSA) is 70.5 Å². The van der Waals surface area contributed by atoms with Crippen molar-refractivity contribution in [2.45, 2.75) is 32.4 Å². The number of amides is 1. The average Bonchev–Trinajstić information content (AvgIpc) is 3.69. The van der Waals surface area contributed by atoms with Gasteiger partial charge in [-0.2, -0.15) is 0 Å². The van der Waals surface area contributed by atoms with Crippen LogP contribution in [0.1, 0.15) is 41.9 Å². The summed E-state index contributed by atoms with van der Waals surface area (Å²) in [5.41, 5.74) is 1.52. The highest BCUT2D eigenvalue weighted by molar-refractivity contribution is 5.97. The molecule has 1 aliphatic heterocycles. The van der Waals surface area contributed by atoms with Crippen LogP contribution >= 0.6 is 0 Å². The molecule has 2 fully saturated rings. The first-order chi connectivity index (χ1) is 16.0. The number of halogens is 1. The molecule has 2 aromatic heterocycles. The molecule has 5 rings (SSSR count). The molecule has 172 valence electrons. The van der Waals surface area contributed by atoms with E-state index in [0.717, 1.165) is 45.6 Å². The maximum atomic E-state index is 15.2. The molecule has 2 aliphatic rings. The van der Waals surface area contributed by atoms with Gasteiger partial charge in [0.15, 0.2) is 0 Å². The largest absolute Gasteiger partial charge is 0.367 e. The molecule has 1 amide bonds. The van der Waals surface area contributed by atoms with Gasteiger partial charge in [0, 0.05) is 50.0 Å². The third-order valence-corrected chi connectivity index (χ3v) is 6.60. The Morgan fingerprint density at radius 1 is 1.18 bits per heavy atom. The van der Waals surface area contributed by atoms with Crippen molar-refractivity contribution >= 4 is 22.5 Å². The van der Waals surface area contributed by atoms with Crippen LogP contribution in [0, 0.1) is 5.82 Å². The number of piperazine rings is 1. The van der Waals surface area contributed by atoms with Crippen molar-refractivity contribution in [3.8, 4) is 0 Å². The number of fused-ring (bicyclic) bond motifs is 1. The van der Waals surface area contributed by atoms with Gasteiger partial charge in [-0.05, 0) is 43.7 Å². The van der Waals surface area contributed by atoms with Gasteiger partial charge in [0.1, 0.15) is 11.4 Å². The first-order valence-electron chi connectivity index (χ1n) is 11.6. The second-order valence-electron chi connectivity index (χ2n) is 8.76. The summed E-state index contributed by atoms with van der Waals surface area (Å²) in [5.74, 6) is -0.889. The Balaban J connectivity index is 1.49. The fraction of sp³-hybridized carbons (Fsp3) is 0.400. The first kappa shape index (κ1) is 21.6. The van der Waals surface area contributed by atoms with Gasteiger partial charge < -0.3 is 19.7 Å². The SMILES string of the molecule is CCN1CCN(c2cc3c(cc2F)c(=O)c(C(=O)NCc2ccccn2)cn3C2CC2)CC1. The van der Waals surface area contributed by atoms with Crippen LogP contribution in [0.5, 0.6) is 0 Å². The van der Waals surface area contributed by atoms with Gasteiger partial charge in [0.2, 0.25) is 5.43 Å². The lowest BCUT2D eigenvalue weighted by Crippen LogP contribution is -2.46. The number of likely N-dealkylation sites (N-methyl/N-ethyl adjacent to an activating group) is 1. The molecule has 33 heavy (non-hydrogen) atoms. The lowest BCUT2D eigenvalue weighted by Gasteiger charge is -2.35. The maximum absolute atomic E-state index is 15.2. The summed E-state index contributed by atoms with van der Waals surface area (Å²) >= 11 is 0. The molecule has 0 atom stereocenters. The Labute approximate surface area is 191 Å². The van der Waals surface area contributed by atoms with Gasteiger partial charge in [-0.25, -0.2) is 4.39 Å². The van der Waals surface area contributed by atoms with Crippen LogP contribution in [0.2, 0.25) is 0 Å². The number of carbonyl (C=O) groups is 1. The van der Waals surface area contributed by atoms with Crippen LogP contribution in [0.4, 0.5) is 10.1 Å². The Kier molecular flexibility index (Phi) is 5.85. The molecular formula is C25H28FN5O2. The van der Waals surface area contributed by atoms with Gasteiger partial charge in [-0.3, -0.25) is 14.6 Å². The van der Waals surface area contributed by atoms with Gasteiger partial charge in [0.25, 0.3) is 5.91 Å². The summed E-state index contributed by atoms with van der Waals surface area (Å²) in [4.78, 5) is 34.7. The van der Waals surface area contributed by atoms with Crippen LogP contribution in [-0.2, 0) is 6.54 Å². The number of benzene rings is 1. The Hall–Kier alpha value is -3.26. The molecule has 8 heteroatoms. The smallest absolute Gasteiger partial charge is 0.257 e. The molecule has 0 bridgehead atoms. The van der Waals surface area contributed by atoms with Gasteiger partial charge in [0.05, 0.1) is 23.4 Å². The zero-order chi connectivity index (χ0) is 22.9. The minimum atomic E-state index is -0.470. The predicted octanol–water partition coefficient (Wildman–Crippen LogP) is 2.94. The minimum Gasteiger partial charge on any atom is -0.367 e. The van der Waals surface area contributed by atoms with Crippen LogP contribution in [-0.4, -0.2) is 53.1 Å². The number of hydrogen-bond donors (Lipinski definition) is 1. The van der Waals surface area contributed by atoms with Gasteiger partial charge in [-0.1, -0.05) is 13.0 Å². The molecule has 3 heterocycles. The van der Waals surface area contributed by atoms with Crippen molar-refractivity contribution < 1.29 is 9.18 Å². The summed E-state index contributed by atoms with van der Waals surface area (Å²) in [5, 5.41) is 3.02. The molecule has 7 nitrogen and oxygen atoms in total. The molecule has 0 radical (unpaired) electrons. The lowest BCUT2D eigenvalue weighted by atomic mass is 10.1. The molecule has 1 saturated carbocycles. The number of aromatic nitrogens is 2. The number of nitrogens with zero attached hydrogens (tertiary/aromatic N) is 4. The van der Waals surface area contributed by atoms with E-state index in [9.17, 15) is 9.59 Å². The van der Waals surface area contributed by atoms with E-state index in [1.807, 2.05) is 10.6 Å². The zero-order valence-electron chi connectivity index (χ0n) is 18.8. The van der Waals surface area contributed by atoms with Crippen molar-refractivity contribution in [3.05, 3.63) is 70.0 Å². The summed E-state index contributed by atoms with van der Waals surface area (Å²) in [6.07, 6.45) is 5.26. The molecule has 0 unspecified atom stereocenters. The zero-order valence-corrected chi connectivity index (χ0v) is 18.8. The quantitative estimate of drug-likeness (QED) is 0.627. The predicted molar refractivity (Wildman–Crippen MR) is 126 cm³/mol. The van der Waals surface area contributed by atoms with Crippen LogP contribution in [0.15, 0.2) is 47.5 Å². The first-order valence-corrected chi connectivity index (χ1v) is 11.6. The molecule has 0 spiro atoms. The van der Waals surface area contributed by atoms with E-state index in [4.69, 9.17) is 0 Å². The second kappa shape index (κ2) is 8.94. The van der Waals surface area contributed by atoms with E-state index in [2.05, 4.69) is 27.0 Å². The van der Waals surface area contributed by atoms with Crippen LogP contribution in [0.25, 0.3) is 10.9 Å². The van der Waals surface area contributed by atoms with Gasteiger partial charge >= 0.3 is 0 Å². The average molecular weight is 450 g/mol. The highest BCUT2D eigenvalue weighted by Gasteiger charge is 2.28. The monoisotopic (exact) mass is 449 g/mol. The van der Waals surface area contributed by atoms with E-state index in [1.165, 1.54) is 6.07 Å². The lowest BCUT2D eigenvalue weighted by molar-refractivity contribution is 0.0949. The van der Waals surface area contributed by atoms with E-state index < -0.39 is 17.2 Å². The summed E-state index contributed by atoms with van der Waals surface area (Å²) in [7, 11) is 0. The third-order valence-electron chi connectivity index (χ3n) is 6.60. The van der Waals surface area contributed by atoms with E-state index >= 15 is 4.39 Å². The number of rotatable bonds is 6. The second-order valence-corrected chi connectivity index (χ2v) is 8.76. The van der Waals surface area contributed by atoms with Crippen molar-refractivity contribution in [1.82, 2.24) is 19.8 Å². The fourth-order valence-corrected chi connectivity index (χ4v) is 4.49. The highest BCUT2D eigenvalue weighted by Crippen LogP contribution is 2.38. The summed E-state index contributed by atoms with van der Waals surface area (Å²) < 4.78 is 17.2. The number of pyridine rings is 2. The van der Waals surface area contributed by atoms with Crippen LogP contribution < -0.4 is 15.6 Å². The van der Waals surface area contributed by atoms with Crippen LogP contribution in [0.3, 0.4) is 0 Å². The van der Waals surface area contributed by atoms with Gasteiger partial charge in [-0.15, -0.1) is 0 Å². The standard InChI is InChI=1S/C25H28FN5O2/c1-2-29-9-11-30(12-10-29)23-14-22-19(13-21(23)26)24(32)20(16-31(22)18-6-7-18)25(33)28-15-17-5-3-4-8-27-17/h3-5,8,13-14,16,18H,2,6-7,9-12,15H2,1H3,(H,28,33). The minimum absolute atomic E-state index is 0.0361. The summed E-state index contributed by atoms with van der Waals surface area (Å²) in [6, 6.07) is 8.78. The Morgan fingerprint density at radius 2 is 1.97 bits per heavy atom. The Bertz CT molecular complexity index is 1230. The van der Waals surface area contributed by atoms with Crippen molar-refractivity contribution in [2.24, 2.45) is 0 Å². The summed E-state index contributed by atoms with van der Waals surface area (Å²) in [6.45, 7) is 6.61. The molecule has 1 N–H and O–H groups in total. The number of hydrogen-bond acceptors (Lipinski definition) is 5. The Morgan fingerprint density at radius 3 is 2.64 bits per heavy atom. The molecular weight excluding hydrogens is 421 g/mol. The number of carbonyl (C=O) groups excluding carboxylic acids is 1. The van der Waals surface area contributed by atoms with E-state index in [-0.39, 0.29) is 23.5 Å². The molecule has 1 aromatic carbocycles.